The molecule has 188 valence electrons. The highest BCUT2D eigenvalue weighted by atomic mass is 19.1. The molecule has 4 rings (SSSR count). The van der Waals surface area contributed by atoms with Crippen molar-refractivity contribution in [3.63, 3.8) is 0 Å². The summed E-state index contributed by atoms with van der Waals surface area (Å²) in [5.74, 6) is 0.0403. The Kier molecular flexibility index (Phi) is 7.57. The Balaban J connectivity index is 1.77. The number of hydrogen-bond donors (Lipinski definition) is 1. The molecule has 0 aromatic heterocycles. The van der Waals surface area contributed by atoms with E-state index >= 15 is 4.39 Å². The van der Waals surface area contributed by atoms with Crippen LogP contribution in [0.25, 0.3) is 0 Å². The monoisotopic (exact) mass is 485 g/mol. The van der Waals surface area contributed by atoms with Gasteiger partial charge in [-0.1, -0.05) is 30.7 Å². The van der Waals surface area contributed by atoms with Crippen LogP contribution < -0.4 is 14.8 Å². The number of carbonyl (C=O) groups is 1. The van der Waals surface area contributed by atoms with E-state index in [1.165, 1.54) is 26.3 Å². The van der Waals surface area contributed by atoms with Crippen molar-refractivity contribution in [3.05, 3.63) is 58.4 Å². The van der Waals surface area contributed by atoms with Crippen molar-refractivity contribution < 1.29 is 23.0 Å². The number of amides is 2. The van der Waals surface area contributed by atoms with Gasteiger partial charge in [-0.25, -0.2) is 18.6 Å². The minimum Gasteiger partial charge on any atom is -0.493 e. The predicted molar refractivity (Wildman–Crippen MR) is 132 cm³/mol. The number of alkyl halides is 1. The third kappa shape index (κ3) is 5.11. The predicted octanol–water partition coefficient (Wildman–Crippen LogP) is 5.25. The molecule has 0 spiro atoms. The summed E-state index contributed by atoms with van der Waals surface area (Å²) in [7, 11) is 4.39. The van der Waals surface area contributed by atoms with Crippen LogP contribution >= 0.6 is 0 Å². The molecule has 1 aliphatic carbocycles. The van der Waals surface area contributed by atoms with E-state index in [1.807, 2.05) is 31.2 Å². The smallest absolute Gasteiger partial charge is 0.337 e. The van der Waals surface area contributed by atoms with Crippen LogP contribution in [0.5, 0.6) is 11.5 Å². The number of urea groups is 1. The van der Waals surface area contributed by atoms with Crippen molar-refractivity contribution >= 4 is 11.7 Å². The molecule has 3 atom stereocenters. The third-order valence-corrected chi connectivity index (χ3v) is 6.96. The summed E-state index contributed by atoms with van der Waals surface area (Å²) < 4.78 is 40.4. The number of benzene rings is 2. The number of methoxy groups -OCH3 is 2. The normalized spacial score (nSPS) is 22.1. The minimum absolute atomic E-state index is 0.00492. The zero-order valence-electron chi connectivity index (χ0n) is 20.7. The number of ether oxygens (including phenoxy) is 2. The molecule has 2 aromatic carbocycles. The van der Waals surface area contributed by atoms with E-state index in [0.29, 0.717) is 47.6 Å². The van der Waals surface area contributed by atoms with E-state index in [0.717, 1.165) is 24.8 Å². The van der Waals surface area contributed by atoms with Crippen LogP contribution in [0.3, 0.4) is 0 Å². The summed E-state index contributed by atoms with van der Waals surface area (Å²) in [6, 6.07) is 8.80. The molecule has 0 bridgehead atoms. The summed E-state index contributed by atoms with van der Waals surface area (Å²) in [6.07, 6.45) is 3.71. The maximum absolute atomic E-state index is 15.8. The number of nitrogens with one attached hydrogen (secondary N) is 1. The van der Waals surface area contributed by atoms with Crippen molar-refractivity contribution in [2.45, 2.75) is 57.7 Å². The van der Waals surface area contributed by atoms with Crippen LogP contribution in [0.4, 0.5) is 13.6 Å². The fourth-order valence-corrected chi connectivity index (χ4v) is 5.18. The van der Waals surface area contributed by atoms with Gasteiger partial charge < -0.3 is 14.8 Å². The minimum atomic E-state index is -0.711. The first kappa shape index (κ1) is 24.9. The quantitative estimate of drug-likeness (QED) is 0.629. The molecule has 0 radical (unpaired) electrons. The maximum atomic E-state index is 15.8. The summed E-state index contributed by atoms with van der Waals surface area (Å²) >= 11 is 0. The van der Waals surface area contributed by atoms with Crippen molar-refractivity contribution in [3.8, 4) is 11.5 Å². The summed E-state index contributed by atoms with van der Waals surface area (Å²) in [5, 5.41) is 8.61. The lowest BCUT2D eigenvalue weighted by atomic mass is 9.83. The highest BCUT2D eigenvalue weighted by molar-refractivity contribution is 6.14. The Hall–Kier alpha value is -3.16. The fourth-order valence-electron chi connectivity index (χ4n) is 5.18. The van der Waals surface area contributed by atoms with Crippen LogP contribution in [0.2, 0.25) is 0 Å². The van der Waals surface area contributed by atoms with Crippen LogP contribution in [-0.2, 0) is 12.8 Å². The Morgan fingerprint density at radius 3 is 2.57 bits per heavy atom. The van der Waals surface area contributed by atoms with Crippen LogP contribution in [0, 0.1) is 11.7 Å². The molecule has 1 fully saturated rings. The topological polar surface area (TPSA) is 63.2 Å². The van der Waals surface area contributed by atoms with Crippen molar-refractivity contribution in [1.29, 1.82) is 0 Å². The largest absolute Gasteiger partial charge is 0.493 e. The number of hydrazone groups is 1. The van der Waals surface area contributed by atoms with E-state index in [-0.39, 0.29) is 23.6 Å². The van der Waals surface area contributed by atoms with E-state index < -0.39 is 12.0 Å². The van der Waals surface area contributed by atoms with Gasteiger partial charge in [0.1, 0.15) is 11.9 Å². The van der Waals surface area contributed by atoms with Crippen LogP contribution in [0.1, 0.15) is 54.9 Å². The first-order chi connectivity index (χ1) is 16.9. The van der Waals surface area contributed by atoms with Crippen molar-refractivity contribution in [2.75, 3.05) is 21.3 Å². The lowest BCUT2D eigenvalue weighted by molar-refractivity contribution is 0.184. The number of hydrogen-bond acceptors (Lipinski definition) is 4. The van der Waals surface area contributed by atoms with E-state index in [2.05, 4.69) is 10.4 Å². The SMILES string of the molecule is CNC(=O)N1N=C(c2ccc(CC3CCCC(F)C3)cc2)c2c(cc(OC)c(OC)c2F)CC1C. The average molecular weight is 486 g/mol. The second kappa shape index (κ2) is 10.6. The van der Waals surface area contributed by atoms with Gasteiger partial charge in [0.05, 0.1) is 20.3 Å². The number of nitrogens with zero attached hydrogens (tertiary/aromatic N) is 2. The van der Waals surface area contributed by atoms with Gasteiger partial charge in [0.25, 0.3) is 0 Å². The molecule has 2 aliphatic rings. The van der Waals surface area contributed by atoms with Gasteiger partial charge in [-0.15, -0.1) is 0 Å². The molecule has 1 N–H and O–H groups in total. The second-order valence-electron chi connectivity index (χ2n) is 9.39. The number of fused-ring (bicyclic) bond motifs is 1. The molecular weight excluding hydrogens is 452 g/mol. The molecule has 8 heteroatoms. The Labute approximate surface area is 205 Å². The summed E-state index contributed by atoms with van der Waals surface area (Å²) in [5.41, 5.74) is 3.10. The molecule has 0 saturated heterocycles. The van der Waals surface area contributed by atoms with Gasteiger partial charge >= 0.3 is 6.03 Å². The first-order valence-electron chi connectivity index (χ1n) is 12.1. The first-order valence-corrected chi connectivity index (χ1v) is 12.1. The highest BCUT2D eigenvalue weighted by Crippen LogP contribution is 2.38. The molecule has 1 aliphatic heterocycles. The second-order valence-corrected chi connectivity index (χ2v) is 9.39. The number of carbonyl (C=O) groups excluding carboxylic acids is 1. The lowest BCUT2D eigenvalue weighted by Crippen LogP contribution is -2.41. The Morgan fingerprint density at radius 1 is 1.20 bits per heavy atom. The summed E-state index contributed by atoms with van der Waals surface area (Å²) in [4.78, 5) is 12.6. The Morgan fingerprint density at radius 2 is 1.94 bits per heavy atom. The highest BCUT2D eigenvalue weighted by Gasteiger charge is 2.32. The molecule has 1 heterocycles. The molecule has 2 amide bonds. The van der Waals surface area contributed by atoms with Crippen LogP contribution in [0.15, 0.2) is 35.4 Å². The molecule has 35 heavy (non-hydrogen) atoms. The van der Waals surface area contributed by atoms with Gasteiger partial charge in [0.15, 0.2) is 17.3 Å². The average Bonchev–Trinajstić information content (AvgIpc) is 3.00. The molecule has 3 unspecified atom stereocenters. The number of rotatable bonds is 5. The molecule has 2 aromatic rings. The van der Waals surface area contributed by atoms with Crippen molar-refractivity contribution in [1.82, 2.24) is 10.3 Å². The molecular formula is C27H33F2N3O3. The zero-order chi connectivity index (χ0) is 25.1. The molecule has 1 saturated carbocycles. The van der Waals surface area contributed by atoms with Gasteiger partial charge in [-0.3, -0.25) is 0 Å². The standard InChI is InChI=1S/C27H33F2N3O3/c1-16-12-20-15-22(34-3)26(35-4)24(29)23(20)25(31-32(16)27(33)30-2)19-10-8-17(9-11-19)13-18-6-5-7-21(28)14-18/h8-11,15-16,18,21H,5-7,12-14H2,1-4H3,(H,30,33). The van der Waals surface area contributed by atoms with Gasteiger partial charge in [-0.2, -0.15) is 5.10 Å². The zero-order valence-corrected chi connectivity index (χ0v) is 20.7. The van der Waals surface area contributed by atoms with E-state index in [9.17, 15) is 9.18 Å². The van der Waals surface area contributed by atoms with Gasteiger partial charge in [0.2, 0.25) is 0 Å². The summed E-state index contributed by atoms with van der Waals surface area (Å²) in [6.45, 7) is 1.87. The maximum Gasteiger partial charge on any atom is 0.337 e. The van der Waals surface area contributed by atoms with E-state index in [4.69, 9.17) is 9.47 Å². The van der Waals surface area contributed by atoms with Gasteiger partial charge in [0, 0.05) is 18.2 Å². The van der Waals surface area contributed by atoms with Crippen molar-refractivity contribution in [2.24, 2.45) is 11.0 Å². The third-order valence-electron chi connectivity index (χ3n) is 6.96. The Bertz CT molecular complexity index is 1100. The van der Waals surface area contributed by atoms with E-state index in [1.54, 1.807) is 6.07 Å². The number of halogens is 2. The lowest BCUT2D eigenvalue weighted by Gasteiger charge is -2.24. The van der Waals surface area contributed by atoms with Crippen LogP contribution in [-0.4, -0.2) is 50.2 Å². The molecule has 6 nitrogen and oxygen atoms in total. The fraction of sp³-hybridized carbons (Fsp3) is 0.481. The van der Waals surface area contributed by atoms with Gasteiger partial charge in [-0.05, 0) is 62.1 Å².